The molecule has 82 valence electrons. The molecule has 0 saturated carbocycles. The van der Waals surface area contributed by atoms with E-state index < -0.39 is 0 Å². The van der Waals surface area contributed by atoms with E-state index in [0.717, 1.165) is 12.1 Å². The number of amides is 1. The van der Waals surface area contributed by atoms with E-state index in [9.17, 15) is 4.79 Å². The topological polar surface area (TPSA) is 59.5 Å². The number of carbonyl (C=O) groups excluding carboxylic acids is 1. The highest BCUT2D eigenvalue weighted by Crippen LogP contribution is 2.19. The fourth-order valence-electron chi connectivity index (χ4n) is 1.89. The monoisotopic (exact) mass is 208 g/mol. The van der Waals surface area contributed by atoms with Crippen molar-refractivity contribution < 1.29 is 9.21 Å². The molecule has 2 heterocycles. The van der Waals surface area contributed by atoms with Gasteiger partial charge < -0.3 is 15.1 Å². The van der Waals surface area contributed by atoms with Crippen molar-refractivity contribution in [2.75, 3.05) is 13.1 Å². The van der Waals surface area contributed by atoms with Crippen LogP contribution < -0.4 is 5.73 Å². The third-order valence-electron chi connectivity index (χ3n) is 3.01. The van der Waals surface area contributed by atoms with Crippen LogP contribution in [0.5, 0.6) is 0 Å². The summed E-state index contributed by atoms with van der Waals surface area (Å²) in [5, 5.41) is 0. The highest BCUT2D eigenvalue weighted by atomic mass is 16.3. The minimum atomic E-state index is -0.0442. The molecular weight excluding hydrogens is 192 g/mol. The first kappa shape index (κ1) is 10.2. The molecule has 2 unspecified atom stereocenters. The minimum Gasteiger partial charge on any atom is -0.459 e. The zero-order valence-electron chi connectivity index (χ0n) is 9.06. The Bertz CT molecular complexity index is 362. The van der Waals surface area contributed by atoms with Crippen LogP contribution in [0.1, 0.15) is 23.0 Å². The molecule has 0 aromatic carbocycles. The highest BCUT2D eigenvalue weighted by Gasteiger charge is 2.31. The number of rotatable bonds is 1. The van der Waals surface area contributed by atoms with E-state index in [1.807, 2.05) is 6.92 Å². The molecule has 2 rings (SSSR count). The summed E-state index contributed by atoms with van der Waals surface area (Å²) in [5.41, 5.74) is 6.76. The van der Waals surface area contributed by atoms with Gasteiger partial charge >= 0.3 is 0 Å². The van der Waals surface area contributed by atoms with Gasteiger partial charge in [0.1, 0.15) is 0 Å². The Labute approximate surface area is 89.0 Å². The van der Waals surface area contributed by atoms with Gasteiger partial charge in [-0.2, -0.15) is 0 Å². The summed E-state index contributed by atoms with van der Waals surface area (Å²) in [6.07, 6.45) is 1.54. The van der Waals surface area contributed by atoms with Crippen LogP contribution in [-0.4, -0.2) is 29.9 Å². The van der Waals surface area contributed by atoms with Crippen molar-refractivity contribution in [1.29, 1.82) is 0 Å². The predicted molar refractivity (Wildman–Crippen MR) is 56.5 cm³/mol. The molecule has 0 bridgehead atoms. The number of hydrogen-bond donors (Lipinski definition) is 1. The number of nitrogens with zero attached hydrogens (tertiary/aromatic N) is 1. The second-order valence-electron chi connectivity index (χ2n) is 4.28. The van der Waals surface area contributed by atoms with Crippen molar-refractivity contribution in [3.05, 3.63) is 23.7 Å². The molecule has 4 nitrogen and oxygen atoms in total. The maximum atomic E-state index is 12.0. The molecule has 1 aromatic rings. The van der Waals surface area contributed by atoms with Gasteiger partial charge in [0.05, 0.1) is 6.26 Å². The average molecular weight is 208 g/mol. The molecule has 0 aliphatic carbocycles. The molecule has 1 aromatic heterocycles. The molecule has 0 radical (unpaired) electrons. The van der Waals surface area contributed by atoms with E-state index in [-0.39, 0.29) is 11.9 Å². The van der Waals surface area contributed by atoms with E-state index in [0.29, 0.717) is 18.2 Å². The van der Waals surface area contributed by atoms with E-state index in [1.54, 1.807) is 17.2 Å². The summed E-state index contributed by atoms with van der Waals surface area (Å²) in [6, 6.07) is 1.89. The Morgan fingerprint density at radius 2 is 2.33 bits per heavy atom. The van der Waals surface area contributed by atoms with Crippen LogP contribution in [-0.2, 0) is 0 Å². The van der Waals surface area contributed by atoms with Gasteiger partial charge in [-0.15, -0.1) is 0 Å². The van der Waals surface area contributed by atoms with Crippen LogP contribution in [0.25, 0.3) is 0 Å². The van der Waals surface area contributed by atoms with Gasteiger partial charge in [-0.25, -0.2) is 0 Å². The first-order chi connectivity index (χ1) is 7.09. The van der Waals surface area contributed by atoms with E-state index in [2.05, 4.69) is 6.92 Å². The van der Waals surface area contributed by atoms with Crippen molar-refractivity contribution in [1.82, 2.24) is 4.90 Å². The van der Waals surface area contributed by atoms with Gasteiger partial charge in [0.2, 0.25) is 0 Å². The van der Waals surface area contributed by atoms with Crippen LogP contribution in [0.15, 0.2) is 16.7 Å². The minimum absolute atomic E-state index is 0.0442. The van der Waals surface area contributed by atoms with Crippen molar-refractivity contribution >= 4 is 5.91 Å². The molecule has 1 amide bonds. The Balaban J connectivity index is 2.13. The van der Waals surface area contributed by atoms with Crippen LogP contribution in [0.4, 0.5) is 0 Å². The summed E-state index contributed by atoms with van der Waals surface area (Å²) < 4.78 is 5.18. The van der Waals surface area contributed by atoms with Crippen molar-refractivity contribution in [3.8, 4) is 0 Å². The fraction of sp³-hybridized carbons (Fsp3) is 0.545. The van der Waals surface area contributed by atoms with Crippen LogP contribution in [0, 0.1) is 12.8 Å². The van der Waals surface area contributed by atoms with Crippen molar-refractivity contribution in [2.45, 2.75) is 19.9 Å². The highest BCUT2D eigenvalue weighted by molar-refractivity contribution is 5.93. The fourth-order valence-corrected chi connectivity index (χ4v) is 1.89. The van der Waals surface area contributed by atoms with Gasteiger partial charge in [0, 0.05) is 24.7 Å². The van der Waals surface area contributed by atoms with E-state index >= 15 is 0 Å². The maximum Gasteiger partial charge on any atom is 0.289 e. The summed E-state index contributed by atoms with van der Waals surface area (Å²) in [7, 11) is 0. The number of aryl methyl sites for hydroxylation is 1. The molecule has 1 aliphatic rings. The van der Waals surface area contributed by atoms with Gasteiger partial charge in [-0.3, -0.25) is 4.79 Å². The second-order valence-corrected chi connectivity index (χ2v) is 4.28. The Morgan fingerprint density at radius 1 is 1.60 bits per heavy atom. The molecule has 1 aliphatic heterocycles. The number of nitrogens with two attached hydrogens (primary N) is 1. The summed E-state index contributed by atoms with van der Waals surface area (Å²) in [6.45, 7) is 5.28. The first-order valence-electron chi connectivity index (χ1n) is 5.18. The molecule has 2 atom stereocenters. The average Bonchev–Trinajstić information content (AvgIpc) is 2.74. The molecule has 0 spiro atoms. The third kappa shape index (κ3) is 1.77. The quantitative estimate of drug-likeness (QED) is 0.749. The zero-order chi connectivity index (χ0) is 11.0. The third-order valence-corrected chi connectivity index (χ3v) is 3.01. The summed E-state index contributed by atoms with van der Waals surface area (Å²) >= 11 is 0. The second kappa shape index (κ2) is 3.70. The summed E-state index contributed by atoms with van der Waals surface area (Å²) in [5.74, 6) is 0.762. The van der Waals surface area contributed by atoms with Gasteiger partial charge in [-0.1, -0.05) is 6.92 Å². The van der Waals surface area contributed by atoms with Crippen molar-refractivity contribution in [3.63, 3.8) is 0 Å². The van der Waals surface area contributed by atoms with Gasteiger partial charge in [0.15, 0.2) is 5.76 Å². The maximum absolute atomic E-state index is 12.0. The Hall–Kier alpha value is -1.29. The molecule has 4 heteroatoms. The molecule has 1 fully saturated rings. The van der Waals surface area contributed by atoms with Gasteiger partial charge in [0.25, 0.3) is 5.91 Å². The lowest BCUT2D eigenvalue weighted by molar-refractivity contribution is 0.0754. The smallest absolute Gasteiger partial charge is 0.289 e. The number of hydrogen-bond acceptors (Lipinski definition) is 3. The lowest BCUT2D eigenvalue weighted by Gasteiger charge is -2.14. The predicted octanol–water partition coefficient (Wildman–Crippen LogP) is 1.01. The first-order valence-corrected chi connectivity index (χ1v) is 5.18. The van der Waals surface area contributed by atoms with Crippen LogP contribution in [0.2, 0.25) is 0 Å². The lowest BCUT2D eigenvalue weighted by Crippen LogP contribution is -2.32. The lowest BCUT2D eigenvalue weighted by atomic mass is 10.1. The Morgan fingerprint density at radius 3 is 2.80 bits per heavy atom. The van der Waals surface area contributed by atoms with E-state index in [4.69, 9.17) is 10.2 Å². The zero-order valence-corrected chi connectivity index (χ0v) is 9.06. The molecule has 15 heavy (non-hydrogen) atoms. The number of carbonyl (C=O) groups is 1. The normalized spacial score (nSPS) is 25.9. The SMILES string of the molecule is Cc1ccoc1C(=O)N1CC(C)C(N)C1. The number of furan rings is 1. The van der Waals surface area contributed by atoms with Crippen LogP contribution >= 0.6 is 0 Å². The largest absolute Gasteiger partial charge is 0.459 e. The van der Waals surface area contributed by atoms with E-state index in [1.165, 1.54) is 0 Å². The van der Waals surface area contributed by atoms with Gasteiger partial charge in [-0.05, 0) is 18.9 Å². The van der Waals surface area contributed by atoms with Crippen LogP contribution in [0.3, 0.4) is 0 Å². The number of likely N-dealkylation sites (tertiary alicyclic amines) is 1. The Kier molecular flexibility index (Phi) is 2.52. The van der Waals surface area contributed by atoms with Crippen molar-refractivity contribution in [2.24, 2.45) is 11.7 Å². The molecule has 1 saturated heterocycles. The molecule has 2 N–H and O–H groups in total. The standard InChI is InChI=1S/C11H16N2O2/c1-7-3-4-15-10(7)11(14)13-5-8(2)9(12)6-13/h3-4,8-9H,5-6,12H2,1-2H3. The molecular formula is C11H16N2O2. The summed E-state index contributed by atoms with van der Waals surface area (Å²) in [4.78, 5) is 13.8.